The van der Waals surface area contributed by atoms with Gasteiger partial charge in [-0.1, -0.05) is 13.8 Å². The highest BCUT2D eigenvalue weighted by Gasteiger charge is 2.23. The molecule has 130 valence electrons. The third-order valence-corrected chi connectivity index (χ3v) is 5.95. The van der Waals surface area contributed by atoms with E-state index in [0.717, 1.165) is 12.8 Å². The summed E-state index contributed by atoms with van der Waals surface area (Å²) in [6.45, 7) is 4.87. The number of aromatic nitrogens is 1. The summed E-state index contributed by atoms with van der Waals surface area (Å²) in [4.78, 5) is 16.3. The van der Waals surface area contributed by atoms with Gasteiger partial charge >= 0.3 is 0 Å². The Morgan fingerprint density at radius 1 is 1.17 bits per heavy atom. The minimum Gasteiger partial charge on any atom is -0.298 e. The third kappa shape index (κ3) is 4.40. The van der Waals surface area contributed by atoms with Crippen LogP contribution in [0.5, 0.6) is 0 Å². The summed E-state index contributed by atoms with van der Waals surface area (Å²) in [6.07, 6.45) is 3.12. The highest BCUT2D eigenvalue weighted by molar-refractivity contribution is 7.89. The van der Waals surface area contributed by atoms with Crippen molar-refractivity contribution in [3.05, 3.63) is 41.4 Å². The Kier molecular flexibility index (Phi) is 6.47. The highest BCUT2D eigenvalue weighted by Crippen LogP contribution is 2.18. The smallest absolute Gasteiger partial charge is 0.257 e. The van der Waals surface area contributed by atoms with Gasteiger partial charge in [0.2, 0.25) is 10.0 Å². The number of anilines is 1. The van der Waals surface area contributed by atoms with E-state index in [2.05, 4.69) is 10.3 Å². The van der Waals surface area contributed by atoms with Crippen molar-refractivity contribution in [2.45, 2.75) is 31.6 Å². The summed E-state index contributed by atoms with van der Waals surface area (Å²) in [5.41, 5.74) is 0.390. The second kappa shape index (κ2) is 8.36. The SMILES string of the molecule is CCCN(CCC)S(=O)(=O)c1ccc(C(=O)Nc2nccs2)cc1. The first-order valence-corrected chi connectivity index (χ1v) is 10.1. The lowest BCUT2D eigenvalue weighted by atomic mass is 10.2. The van der Waals surface area contributed by atoms with E-state index in [9.17, 15) is 13.2 Å². The quantitative estimate of drug-likeness (QED) is 0.777. The van der Waals surface area contributed by atoms with Gasteiger partial charge in [0, 0.05) is 30.2 Å². The van der Waals surface area contributed by atoms with Crippen molar-refractivity contribution in [1.29, 1.82) is 0 Å². The number of carbonyl (C=O) groups is 1. The van der Waals surface area contributed by atoms with E-state index in [0.29, 0.717) is 23.8 Å². The van der Waals surface area contributed by atoms with Crippen molar-refractivity contribution < 1.29 is 13.2 Å². The molecule has 1 aromatic carbocycles. The minimum atomic E-state index is -3.53. The number of amides is 1. The zero-order chi connectivity index (χ0) is 17.6. The number of hydrogen-bond donors (Lipinski definition) is 1. The molecule has 0 unspecified atom stereocenters. The topological polar surface area (TPSA) is 79.4 Å². The molecule has 1 amide bonds. The monoisotopic (exact) mass is 367 g/mol. The fourth-order valence-corrected chi connectivity index (χ4v) is 4.38. The Morgan fingerprint density at radius 2 is 1.79 bits per heavy atom. The predicted octanol–water partition coefficient (Wildman–Crippen LogP) is 3.21. The largest absolute Gasteiger partial charge is 0.298 e. The van der Waals surface area contributed by atoms with E-state index in [1.807, 2.05) is 13.8 Å². The van der Waals surface area contributed by atoms with E-state index in [-0.39, 0.29) is 10.8 Å². The molecular weight excluding hydrogens is 346 g/mol. The van der Waals surface area contributed by atoms with Crippen molar-refractivity contribution >= 4 is 32.4 Å². The summed E-state index contributed by atoms with van der Waals surface area (Å²) >= 11 is 1.32. The lowest BCUT2D eigenvalue weighted by Crippen LogP contribution is -2.32. The van der Waals surface area contributed by atoms with Crippen LogP contribution in [0.1, 0.15) is 37.0 Å². The number of nitrogens with zero attached hydrogens (tertiary/aromatic N) is 2. The fourth-order valence-electron chi connectivity index (χ4n) is 2.23. The summed E-state index contributed by atoms with van der Waals surface area (Å²) in [7, 11) is -3.53. The first kappa shape index (κ1) is 18.6. The van der Waals surface area contributed by atoms with E-state index >= 15 is 0 Å². The number of sulfonamides is 1. The molecule has 6 nitrogen and oxygen atoms in total. The number of hydrogen-bond acceptors (Lipinski definition) is 5. The normalized spacial score (nSPS) is 11.6. The van der Waals surface area contributed by atoms with Crippen LogP contribution in [0.15, 0.2) is 40.7 Å². The third-order valence-electron chi connectivity index (χ3n) is 3.35. The number of nitrogens with one attached hydrogen (secondary N) is 1. The Morgan fingerprint density at radius 3 is 2.29 bits per heavy atom. The number of rotatable bonds is 8. The number of benzene rings is 1. The first-order valence-electron chi connectivity index (χ1n) is 7.80. The molecule has 2 aromatic rings. The first-order chi connectivity index (χ1) is 11.5. The van der Waals surface area contributed by atoms with E-state index in [1.165, 1.54) is 39.9 Å². The van der Waals surface area contributed by atoms with Crippen LogP contribution in [0.3, 0.4) is 0 Å². The molecule has 0 aliphatic rings. The fraction of sp³-hybridized carbons (Fsp3) is 0.375. The standard InChI is InChI=1S/C16H21N3O3S2/c1-3-10-19(11-4-2)24(21,22)14-7-5-13(6-8-14)15(20)18-16-17-9-12-23-16/h5-9,12H,3-4,10-11H2,1-2H3,(H,17,18,20). The van der Waals surface area contributed by atoms with Crippen molar-refractivity contribution in [3.63, 3.8) is 0 Å². The van der Waals surface area contributed by atoms with Crippen molar-refractivity contribution in [3.8, 4) is 0 Å². The summed E-state index contributed by atoms with van der Waals surface area (Å²) in [5, 5.41) is 4.94. The van der Waals surface area contributed by atoms with Gasteiger partial charge in [0.1, 0.15) is 0 Å². The average Bonchev–Trinajstić information content (AvgIpc) is 3.07. The Labute approximate surface area is 146 Å². The van der Waals surface area contributed by atoms with Gasteiger partial charge in [-0.3, -0.25) is 10.1 Å². The Hall–Kier alpha value is -1.77. The second-order valence-electron chi connectivity index (χ2n) is 5.22. The second-order valence-corrected chi connectivity index (χ2v) is 8.05. The maximum Gasteiger partial charge on any atom is 0.257 e. The van der Waals surface area contributed by atoms with Gasteiger partial charge in [-0.15, -0.1) is 11.3 Å². The van der Waals surface area contributed by atoms with Crippen molar-refractivity contribution in [1.82, 2.24) is 9.29 Å². The molecule has 1 aromatic heterocycles. The van der Waals surface area contributed by atoms with Gasteiger partial charge in [-0.25, -0.2) is 13.4 Å². The lowest BCUT2D eigenvalue weighted by Gasteiger charge is -2.21. The molecule has 0 saturated heterocycles. The van der Waals surface area contributed by atoms with Crippen LogP contribution in [0.4, 0.5) is 5.13 Å². The zero-order valence-corrected chi connectivity index (χ0v) is 15.4. The molecular formula is C16H21N3O3S2. The van der Waals surface area contributed by atoms with Gasteiger partial charge in [0.15, 0.2) is 5.13 Å². The van der Waals surface area contributed by atoms with Gasteiger partial charge in [0.05, 0.1) is 4.90 Å². The van der Waals surface area contributed by atoms with Gasteiger partial charge in [0.25, 0.3) is 5.91 Å². The number of thiazole rings is 1. The molecule has 0 spiro atoms. The molecule has 0 atom stereocenters. The van der Waals surface area contributed by atoms with Crippen molar-refractivity contribution in [2.75, 3.05) is 18.4 Å². The molecule has 0 aliphatic carbocycles. The zero-order valence-electron chi connectivity index (χ0n) is 13.7. The van der Waals surface area contributed by atoms with E-state index in [4.69, 9.17) is 0 Å². The highest BCUT2D eigenvalue weighted by atomic mass is 32.2. The van der Waals surface area contributed by atoms with Gasteiger partial charge < -0.3 is 0 Å². The van der Waals surface area contributed by atoms with Crippen LogP contribution < -0.4 is 5.32 Å². The molecule has 24 heavy (non-hydrogen) atoms. The molecule has 1 N–H and O–H groups in total. The predicted molar refractivity (Wildman–Crippen MR) is 95.9 cm³/mol. The van der Waals surface area contributed by atoms with E-state index < -0.39 is 10.0 Å². The molecule has 0 saturated carbocycles. The van der Waals surface area contributed by atoms with Crippen LogP contribution in [0.25, 0.3) is 0 Å². The summed E-state index contributed by atoms with van der Waals surface area (Å²) in [6, 6.07) is 5.99. The van der Waals surface area contributed by atoms with Crippen molar-refractivity contribution in [2.24, 2.45) is 0 Å². The molecule has 8 heteroatoms. The average molecular weight is 367 g/mol. The van der Waals surface area contributed by atoms with Crippen LogP contribution in [0.2, 0.25) is 0 Å². The van der Waals surface area contributed by atoms with Crippen LogP contribution in [-0.4, -0.2) is 36.7 Å². The molecule has 0 fully saturated rings. The van der Waals surface area contributed by atoms with Crippen LogP contribution in [-0.2, 0) is 10.0 Å². The minimum absolute atomic E-state index is 0.204. The van der Waals surface area contributed by atoms with Crippen LogP contribution >= 0.6 is 11.3 Å². The Bertz CT molecular complexity index is 750. The van der Waals surface area contributed by atoms with E-state index in [1.54, 1.807) is 11.6 Å². The van der Waals surface area contributed by atoms with Gasteiger partial charge in [-0.2, -0.15) is 4.31 Å². The maximum atomic E-state index is 12.7. The maximum absolute atomic E-state index is 12.7. The number of carbonyl (C=O) groups excluding carboxylic acids is 1. The molecule has 2 rings (SSSR count). The van der Waals surface area contributed by atoms with Gasteiger partial charge in [-0.05, 0) is 37.1 Å². The lowest BCUT2D eigenvalue weighted by molar-refractivity contribution is 0.102. The summed E-state index contributed by atoms with van der Waals surface area (Å²) < 4.78 is 26.8. The molecule has 0 bridgehead atoms. The molecule has 1 heterocycles. The van der Waals surface area contributed by atoms with Crippen LogP contribution in [0, 0.1) is 0 Å². The molecule has 0 radical (unpaired) electrons. The molecule has 0 aliphatic heterocycles. The Balaban J connectivity index is 2.16. The summed E-state index contributed by atoms with van der Waals surface area (Å²) in [5.74, 6) is -0.312.